The first kappa shape index (κ1) is 22.3. The van der Waals surface area contributed by atoms with Crippen molar-refractivity contribution < 1.29 is 34.3 Å². The van der Waals surface area contributed by atoms with Crippen LogP contribution in [0, 0.1) is 0 Å². The molecule has 142 valence electrons. The minimum Gasteiger partial charge on any atom is -1.00 e. The number of aliphatic hydroxyl groups is 1. The zero-order chi connectivity index (χ0) is 16.8. The van der Waals surface area contributed by atoms with Crippen LogP contribution in [-0.2, 0) is 13.1 Å². The average Bonchev–Trinajstić information content (AvgIpc) is 3.26. The second-order valence-corrected chi connectivity index (χ2v) is 5.89. The first-order chi connectivity index (χ1) is 11.7. The molecule has 26 heavy (non-hydrogen) atoms. The topological polar surface area (TPSA) is 63.2 Å². The molecule has 0 spiro atoms. The third-order valence-corrected chi connectivity index (χ3v) is 3.97. The quantitative estimate of drug-likeness (QED) is 0.410. The highest BCUT2D eigenvalue weighted by Gasteiger charge is 2.06. The molecule has 0 saturated heterocycles. The number of aryl methyl sites for hydroxylation is 1. The molecule has 2 aromatic heterocycles. The van der Waals surface area contributed by atoms with E-state index in [-0.39, 0.29) is 24.8 Å². The van der Waals surface area contributed by atoms with Crippen molar-refractivity contribution in [3.63, 3.8) is 0 Å². The van der Waals surface area contributed by atoms with Gasteiger partial charge in [-0.25, -0.2) is 4.98 Å². The van der Waals surface area contributed by atoms with Crippen LogP contribution in [0.2, 0.25) is 0 Å². The summed E-state index contributed by atoms with van der Waals surface area (Å²) in [5.74, 6) is 1.77. The molecule has 0 bridgehead atoms. The lowest BCUT2D eigenvalue weighted by Gasteiger charge is -2.05. The van der Waals surface area contributed by atoms with Crippen molar-refractivity contribution in [1.82, 2.24) is 14.9 Å². The number of imidazole rings is 1. The van der Waals surface area contributed by atoms with Crippen molar-refractivity contribution in [3.05, 3.63) is 66.4 Å². The normalized spacial score (nSPS) is 11.5. The molecule has 5 nitrogen and oxygen atoms in total. The molecule has 3 rings (SSSR count). The predicted molar refractivity (Wildman–Crippen MR) is 93.3 cm³/mol. The molecule has 7 heteroatoms. The van der Waals surface area contributed by atoms with Gasteiger partial charge < -0.3 is 44.2 Å². The molecule has 0 saturated carbocycles. The lowest BCUT2D eigenvalue weighted by atomic mass is 10.1. The van der Waals surface area contributed by atoms with Gasteiger partial charge in [-0.05, 0) is 37.6 Å². The third-order valence-electron chi connectivity index (χ3n) is 3.97. The molecule has 1 unspecified atom stereocenters. The Labute approximate surface area is 166 Å². The lowest BCUT2D eigenvalue weighted by Crippen LogP contribution is -3.00. The molecular formula is C19H23Cl2N3O2-2. The van der Waals surface area contributed by atoms with E-state index in [0.29, 0.717) is 0 Å². The summed E-state index contributed by atoms with van der Waals surface area (Å²) in [6, 6.07) is 11.8. The van der Waals surface area contributed by atoms with Crippen LogP contribution in [0.3, 0.4) is 0 Å². The van der Waals surface area contributed by atoms with Crippen LogP contribution >= 0.6 is 0 Å². The maximum atomic E-state index is 9.55. The van der Waals surface area contributed by atoms with E-state index in [1.165, 1.54) is 0 Å². The van der Waals surface area contributed by atoms with Gasteiger partial charge in [0.25, 0.3) is 0 Å². The monoisotopic (exact) mass is 395 g/mol. The second-order valence-electron chi connectivity index (χ2n) is 5.89. The highest BCUT2D eigenvalue weighted by atomic mass is 35.5. The van der Waals surface area contributed by atoms with Crippen LogP contribution in [0.25, 0.3) is 11.3 Å². The van der Waals surface area contributed by atoms with E-state index >= 15 is 0 Å². The van der Waals surface area contributed by atoms with Crippen molar-refractivity contribution in [2.45, 2.75) is 32.5 Å². The molecular weight excluding hydrogens is 373 g/mol. The van der Waals surface area contributed by atoms with Gasteiger partial charge in [0.2, 0.25) is 0 Å². The van der Waals surface area contributed by atoms with Crippen LogP contribution in [0.5, 0.6) is 0 Å². The maximum absolute atomic E-state index is 9.55. The molecule has 0 aliphatic heterocycles. The van der Waals surface area contributed by atoms with Gasteiger partial charge in [0.05, 0.1) is 19.0 Å². The number of benzene rings is 1. The van der Waals surface area contributed by atoms with Gasteiger partial charge >= 0.3 is 0 Å². The standard InChI is InChI=1S/C19H23N3O2.2ClH/c1-15(23)16-3-5-17(6-4-16)19-8-7-18(24-19)13-20-9-2-11-22-12-10-21-14-22;;/h3-8,10,12,14-15,20,23H,2,9,11,13H2,1H3;2*1H/p-2. The van der Waals surface area contributed by atoms with Gasteiger partial charge in [0.1, 0.15) is 11.5 Å². The summed E-state index contributed by atoms with van der Waals surface area (Å²) in [5.41, 5.74) is 1.93. The van der Waals surface area contributed by atoms with Crippen molar-refractivity contribution in [2.24, 2.45) is 0 Å². The number of hydrogen-bond acceptors (Lipinski definition) is 4. The molecule has 0 amide bonds. The third kappa shape index (κ3) is 6.18. The van der Waals surface area contributed by atoms with E-state index in [9.17, 15) is 5.11 Å². The van der Waals surface area contributed by atoms with E-state index in [1.54, 1.807) is 13.1 Å². The summed E-state index contributed by atoms with van der Waals surface area (Å²) in [6.07, 6.45) is 6.21. The van der Waals surface area contributed by atoms with Gasteiger partial charge in [0, 0.05) is 24.5 Å². The Balaban J connectivity index is 0.00000169. The number of hydrogen-bond donors (Lipinski definition) is 2. The van der Waals surface area contributed by atoms with Crippen LogP contribution in [0.4, 0.5) is 0 Å². The van der Waals surface area contributed by atoms with Gasteiger partial charge in [0.15, 0.2) is 0 Å². The Kier molecular flexibility index (Phi) is 9.44. The predicted octanol–water partition coefficient (Wildman–Crippen LogP) is -2.62. The van der Waals surface area contributed by atoms with Crippen molar-refractivity contribution in [1.29, 1.82) is 0 Å². The number of nitrogens with zero attached hydrogens (tertiary/aromatic N) is 2. The smallest absolute Gasteiger partial charge is 0.134 e. The Morgan fingerprint density at radius 3 is 2.58 bits per heavy atom. The molecule has 1 aromatic carbocycles. The minimum absolute atomic E-state index is 0. The van der Waals surface area contributed by atoms with Crippen molar-refractivity contribution in [2.75, 3.05) is 6.54 Å². The van der Waals surface area contributed by atoms with Crippen molar-refractivity contribution in [3.8, 4) is 11.3 Å². The molecule has 0 aliphatic rings. The Bertz CT molecular complexity index is 741. The Hall–Kier alpha value is -1.79. The van der Waals surface area contributed by atoms with Gasteiger partial charge in [-0.1, -0.05) is 24.3 Å². The van der Waals surface area contributed by atoms with Gasteiger partial charge in [-0.3, -0.25) is 0 Å². The van der Waals surface area contributed by atoms with Gasteiger partial charge in [-0.15, -0.1) is 0 Å². The molecule has 2 N–H and O–H groups in total. The number of aliphatic hydroxyl groups excluding tert-OH is 1. The Morgan fingerprint density at radius 1 is 1.15 bits per heavy atom. The molecule has 0 fully saturated rings. The second kappa shape index (κ2) is 11.0. The van der Waals surface area contributed by atoms with E-state index in [2.05, 4.69) is 14.9 Å². The van der Waals surface area contributed by atoms with E-state index in [1.807, 2.05) is 48.9 Å². The molecule has 1 atom stereocenters. The number of aromatic nitrogens is 2. The lowest BCUT2D eigenvalue weighted by molar-refractivity contribution is -0.001000. The largest absolute Gasteiger partial charge is 1.00 e. The number of furan rings is 1. The fourth-order valence-electron chi connectivity index (χ4n) is 2.57. The zero-order valence-corrected chi connectivity index (χ0v) is 16.1. The van der Waals surface area contributed by atoms with Gasteiger partial charge in [-0.2, -0.15) is 0 Å². The van der Waals surface area contributed by atoms with E-state index < -0.39 is 6.10 Å². The number of halogens is 2. The summed E-state index contributed by atoms with van der Waals surface area (Å²) < 4.78 is 7.96. The fourth-order valence-corrected chi connectivity index (χ4v) is 2.57. The van der Waals surface area contributed by atoms with Crippen LogP contribution < -0.4 is 30.1 Å². The molecule has 0 radical (unpaired) electrons. The summed E-state index contributed by atoms with van der Waals surface area (Å²) >= 11 is 0. The zero-order valence-electron chi connectivity index (χ0n) is 14.6. The highest BCUT2D eigenvalue weighted by molar-refractivity contribution is 5.58. The summed E-state index contributed by atoms with van der Waals surface area (Å²) in [5, 5.41) is 12.9. The Morgan fingerprint density at radius 2 is 1.92 bits per heavy atom. The first-order valence-electron chi connectivity index (χ1n) is 8.26. The van der Waals surface area contributed by atoms with Crippen LogP contribution in [-0.4, -0.2) is 21.2 Å². The summed E-state index contributed by atoms with van der Waals surface area (Å²) in [7, 11) is 0. The number of rotatable bonds is 8. The van der Waals surface area contributed by atoms with E-state index in [4.69, 9.17) is 4.42 Å². The van der Waals surface area contributed by atoms with Crippen LogP contribution in [0.15, 0.2) is 59.5 Å². The van der Waals surface area contributed by atoms with E-state index in [0.717, 1.165) is 48.7 Å². The molecule has 2 heterocycles. The van der Waals surface area contributed by atoms with Crippen molar-refractivity contribution >= 4 is 0 Å². The van der Waals surface area contributed by atoms with Crippen LogP contribution in [0.1, 0.15) is 30.8 Å². The first-order valence-corrected chi connectivity index (χ1v) is 8.26. The maximum Gasteiger partial charge on any atom is 0.134 e. The summed E-state index contributed by atoms with van der Waals surface area (Å²) in [6.45, 7) is 4.37. The molecule has 3 aromatic rings. The summed E-state index contributed by atoms with van der Waals surface area (Å²) in [4.78, 5) is 4.03. The fraction of sp³-hybridized carbons (Fsp3) is 0.316. The SMILES string of the molecule is CC(O)c1ccc(-c2ccc(CNCCCn3ccnc3)o2)cc1.[Cl-].[Cl-]. The number of nitrogens with one attached hydrogen (secondary N) is 1. The molecule has 0 aliphatic carbocycles. The average molecular weight is 396 g/mol. The highest BCUT2D eigenvalue weighted by Crippen LogP contribution is 2.24. The minimum atomic E-state index is -0.447.